The average Bonchev–Trinajstić information content (AvgIpc) is 3.06. The van der Waals surface area contributed by atoms with Crippen LogP contribution in [0.3, 0.4) is 0 Å². The van der Waals surface area contributed by atoms with E-state index < -0.39 is 18.0 Å². The molecule has 1 aromatic heterocycles. The third-order valence-corrected chi connectivity index (χ3v) is 5.07. The number of amides is 1. The van der Waals surface area contributed by atoms with Crippen LogP contribution in [0, 0.1) is 6.92 Å². The van der Waals surface area contributed by atoms with Crippen molar-refractivity contribution in [3.05, 3.63) is 40.2 Å². The number of aromatic amines is 1. The molecule has 5 nitrogen and oxygen atoms in total. The first-order chi connectivity index (χ1) is 12.2. The molecule has 0 saturated heterocycles. The molecule has 1 amide bonds. The van der Waals surface area contributed by atoms with Gasteiger partial charge in [0.15, 0.2) is 0 Å². The zero-order chi connectivity index (χ0) is 19.2. The van der Waals surface area contributed by atoms with Crippen molar-refractivity contribution in [2.45, 2.75) is 51.9 Å². The molecule has 1 aromatic carbocycles. The van der Waals surface area contributed by atoms with Crippen molar-refractivity contribution >= 4 is 11.6 Å². The van der Waals surface area contributed by atoms with Crippen molar-refractivity contribution in [2.24, 2.45) is 0 Å². The summed E-state index contributed by atoms with van der Waals surface area (Å²) < 4.78 is 31.8. The Hall–Kier alpha value is -2.44. The van der Waals surface area contributed by atoms with E-state index in [1.165, 1.54) is 0 Å². The van der Waals surface area contributed by atoms with Crippen LogP contribution in [0.15, 0.2) is 12.1 Å². The quantitative estimate of drug-likeness (QED) is 0.827. The molecule has 2 aromatic rings. The molecule has 0 aliphatic heterocycles. The normalized spacial score (nSPS) is 18.1. The Bertz CT molecular complexity index is 859. The van der Waals surface area contributed by atoms with E-state index in [-0.39, 0.29) is 16.9 Å². The standard InChI is InChI=1S/C19H23F2N3O2/c1-9-8-19(3,4)15-12(26-5)7-6-11(13(9)15)22-18(25)14-10(2)23-24-16(14)17(20)21/h6-7,9,17H,8H2,1-5H3,(H,22,25)(H,23,24). The number of rotatable bonds is 4. The van der Waals surface area contributed by atoms with Crippen LogP contribution in [-0.2, 0) is 5.41 Å². The number of methoxy groups -OCH3 is 1. The number of alkyl halides is 2. The van der Waals surface area contributed by atoms with E-state index >= 15 is 0 Å². The molecule has 3 rings (SSSR count). The van der Waals surface area contributed by atoms with E-state index in [1.807, 2.05) is 6.07 Å². The fraction of sp³-hybridized carbons (Fsp3) is 0.474. The summed E-state index contributed by atoms with van der Waals surface area (Å²) in [6.07, 6.45) is -1.90. The number of H-pyrrole nitrogens is 1. The summed E-state index contributed by atoms with van der Waals surface area (Å²) in [6, 6.07) is 3.58. The maximum atomic E-state index is 13.1. The second-order valence-electron chi connectivity index (χ2n) is 7.46. The Morgan fingerprint density at radius 2 is 2.12 bits per heavy atom. The molecule has 1 aliphatic rings. The number of carbonyl (C=O) groups is 1. The Balaban J connectivity index is 2.04. The van der Waals surface area contributed by atoms with Gasteiger partial charge in [0.25, 0.3) is 12.3 Å². The summed E-state index contributed by atoms with van der Waals surface area (Å²) in [6.45, 7) is 7.92. The van der Waals surface area contributed by atoms with Gasteiger partial charge in [0.05, 0.1) is 12.7 Å². The lowest BCUT2D eigenvalue weighted by Crippen LogP contribution is -2.17. The first-order valence-electron chi connectivity index (χ1n) is 8.53. The van der Waals surface area contributed by atoms with Crippen molar-refractivity contribution in [1.82, 2.24) is 10.2 Å². The molecule has 1 heterocycles. The van der Waals surface area contributed by atoms with Gasteiger partial charge in [-0.2, -0.15) is 5.10 Å². The van der Waals surface area contributed by atoms with Crippen molar-refractivity contribution in [3.8, 4) is 5.75 Å². The van der Waals surface area contributed by atoms with Crippen LogP contribution < -0.4 is 10.1 Å². The highest BCUT2D eigenvalue weighted by molar-refractivity contribution is 6.06. The second-order valence-corrected chi connectivity index (χ2v) is 7.46. The topological polar surface area (TPSA) is 67.0 Å². The van der Waals surface area contributed by atoms with Crippen LogP contribution in [0.5, 0.6) is 5.75 Å². The molecule has 1 aliphatic carbocycles. The van der Waals surface area contributed by atoms with E-state index in [9.17, 15) is 13.6 Å². The summed E-state index contributed by atoms with van der Waals surface area (Å²) in [7, 11) is 1.62. The van der Waals surface area contributed by atoms with Crippen LogP contribution in [0.2, 0.25) is 0 Å². The Morgan fingerprint density at radius 1 is 1.42 bits per heavy atom. The van der Waals surface area contributed by atoms with Crippen molar-refractivity contribution < 1.29 is 18.3 Å². The molecule has 1 unspecified atom stereocenters. The lowest BCUT2D eigenvalue weighted by molar-refractivity contribution is 0.101. The molecule has 0 saturated carbocycles. The zero-order valence-corrected chi connectivity index (χ0v) is 15.5. The van der Waals surface area contributed by atoms with Gasteiger partial charge >= 0.3 is 0 Å². The number of nitrogens with one attached hydrogen (secondary N) is 2. The molecule has 26 heavy (non-hydrogen) atoms. The number of benzene rings is 1. The highest BCUT2D eigenvalue weighted by Gasteiger charge is 2.39. The van der Waals surface area contributed by atoms with E-state index in [1.54, 1.807) is 20.1 Å². The molecule has 2 N–H and O–H groups in total. The predicted octanol–water partition coefficient (Wildman–Crippen LogP) is 4.70. The third kappa shape index (κ3) is 2.85. The number of fused-ring (bicyclic) bond motifs is 1. The zero-order valence-electron chi connectivity index (χ0n) is 15.5. The van der Waals surface area contributed by atoms with Crippen LogP contribution in [0.25, 0.3) is 0 Å². The summed E-state index contributed by atoms with van der Waals surface area (Å²) in [5.41, 5.74) is 2.28. The molecule has 0 bridgehead atoms. The molecule has 0 fully saturated rings. The number of aryl methyl sites for hydroxylation is 1. The predicted molar refractivity (Wildman–Crippen MR) is 95.3 cm³/mol. The Morgan fingerprint density at radius 3 is 2.73 bits per heavy atom. The fourth-order valence-electron chi connectivity index (χ4n) is 4.14. The minimum Gasteiger partial charge on any atom is -0.496 e. The van der Waals surface area contributed by atoms with Gasteiger partial charge in [0.2, 0.25) is 0 Å². The lowest BCUT2D eigenvalue weighted by Gasteiger charge is -2.22. The second kappa shape index (κ2) is 6.37. The van der Waals surface area contributed by atoms with Crippen molar-refractivity contribution in [2.75, 3.05) is 12.4 Å². The van der Waals surface area contributed by atoms with Gasteiger partial charge < -0.3 is 10.1 Å². The molecule has 1 atom stereocenters. The lowest BCUT2D eigenvalue weighted by atomic mass is 9.85. The third-order valence-electron chi connectivity index (χ3n) is 5.07. The summed E-state index contributed by atoms with van der Waals surface area (Å²) in [5, 5.41) is 8.84. The molecule has 0 radical (unpaired) electrons. The number of nitrogens with zero attached hydrogens (tertiary/aromatic N) is 1. The van der Waals surface area contributed by atoms with Gasteiger partial charge in [-0.1, -0.05) is 20.8 Å². The molecule has 7 heteroatoms. The highest BCUT2D eigenvalue weighted by atomic mass is 19.3. The van der Waals surface area contributed by atoms with Gasteiger partial charge in [0.1, 0.15) is 11.4 Å². The minimum absolute atomic E-state index is 0.0967. The van der Waals surface area contributed by atoms with Crippen molar-refractivity contribution in [1.29, 1.82) is 0 Å². The van der Waals surface area contributed by atoms with Crippen LogP contribution in [-0.4, -0.2) is 23.2 Å². The largest absolute Gasteiger partial charge is 0.496 e. The van der Waals surface area contributed by atoms with Crippen molar-refractivity contribution in [3.63, 3.8) is 0 Å². The van der Waals surface area contributed by atoms with E-state index in [0.29, 0.717) is 11.4 Å². The number of aromatic nitrogens is 2. The number of anilines is 1. The molecule has 0 spiro atoms. The van der Waals surface area contributed by atoms with Gasteiger partial charge in [-0.05, 0) is 42.4 Å². The van der Waals surface area contributed by atoms with Gasteiger partial charge in [-0.3, -0.25) is 9.89 Å². The van der Waals surface area contributed by atoms with Crippen LogP contribution in [0.4, 0.5) is 14.5 Å². The highest BCUT2D eigenvalue weighted by Crippen LogP contribution is 2.52. The van der Waals surface area contributed by atoms with E-state index in [0.717, 1.165) is 23.3 Å². The minimum atomic E-state index is -2.82. The number of halogens is 2. The van der Waals surface area contributed by atoms with Gasteiger partial charge in [0, 0.05) is 16.9 Å². The summed E-state index contributed by atoms with van der Waals surface area (Å²) >= 11 is 0. The maximum Gasteiger partial charge on any atom is 0.282 e. The van der Waals surface area contributed by atoms with E-state index in [4.69, 9.17) is 4.74 Å². The SMILES string of the molecule is COc1ccc(NC(=O)c2c(C(F)F)n[nH]c2C)c2c1C(C)(C)CC2C. The average molecular weight is 363 g/mol. The number of hydrogen-bond donors (Lipinski definition) is 2. The van der Waals surface area contributed by atoms with Crippen LogP contribution >= 0.6 is 0 Å². The molecular weight excluding hydrogens is 340 g/mol. The van der Waals surface area contributed by atoms with Crippen LogP contribution in [0.1, 0.15) is 72.4 Å². The maximum absolute atomic E-state index is 13.1. The number of carbonyl (C=O) groups excluding carboxylic acids is 1. The Kier molecular flexibility index (Phi) is 4.50. The first-order valence-corrected chi connectivity index (χ1v) is 8.53. The number of ether oxygens (including phenoxy) is 1. The molecular formula is C19H23F2N3O2. The van der Waals surface area contributed by atoms with Gasteiger partial charge in [-0.15, -0.1) is 0 Å². The number of hydrogen-bond acceptors (Lipinski definition) is 3. The van der Waals surface area contributed by atoms with E-state index in [2.05, 4.69) is 36.3 Å². The molecule has 140 valence electrons. The summed E-state index contributed by atoms with van der Waals surface area (Å²) in [5.74, 6) is 0.404. The smallest absolute Gasteiger partial charge is 0.282 e. The fourth-order valence-corrected chi connectivity index (χ4v) is 4.14. The monoisotopic (exact) mass is 363 g/mol. The summed E-state index contributed by atoms with van der Waals surface area (Å²) in [4.78, 5) is 12.7. The van der Waals surface area contributed by atoms with Gasteiger partial charge in [-0.25, -0.2) is 8.78 Å². The Labute approximate surface area is 151 Å². The first kappa shape index (κ1) is 18.4.